The van der Waals surface area contributed by atoms with E-state index in [1.807, 2.05) is 0 Å². The fourth-order valence-electron chi connectivity index (χ4n) is 2.88. The molecule has 1 fully saturated rings. The van der Waals surface area contributed by atoms with E-state index in [4.69, 9.17) is 23.2 Å². The number of anilines is 1. The number of hydrogen-bond acceptors (Lipinski definition) is 4. The number of nitrogens with one attached hydrogen (secondary N) is 1. The van der Waals surface area contributed by atoms with Crippen LogP contribution in [0.3, 0.4) is 0 Å². The molecule has 4 nitrogen and oxygen atoms in total. The van der Waals surface area contributed by atoms with E-state index in [0.29, 0.717) is 12.1 Å². The summed E-state index contributed by atoms with van der Waals surface area (Å²) in [6, 6.07) is 7.14. The van der Waals surface area contributed by atoms with E-state index < -0.39 is 21.8 Å². The molecule has 1 saturated heterocycles. The minimum Gasteiger partial charge on any atom is -0.297 e. The van der Waals surface area contributed by atoms with Crippen LogP contribution < -0.4 is 4.72 Å². The molecule has 1 N–H and O–H groups in total. The quantitative estimate of drug-likeness (QED) is 0.620. The molecule has 0 bridgehead atoms. The maximum absolute atomic E-state index is 13.2. The van der Waals surface area contributed by atoms with Crippen LogP contribution in [0.15, 0.2) is 41.3 Å². The zero-order chi connectivity index (χ0) is 21.2. The normalized spacial score (nSPS) is 16.0. The van der Waals surface area contributed by atoms with Gasteiger partial charge in [0.15, 0.2) is 0 Å². The van der Waals surface area contributed by atoms with Crippen molar-refractivity contribution in [1.29, 1.82) is 0 Å². The molecule has 11 heteroatoms. The predicted octanol–water partition coefficient (Wildman–Crippen LogP) is 5.36. The van der Waals surface area contributed by atoms with Gasteiger partial charge in [-0.05, 0) is 29.8 Å². The molecular formula is C18H17Cl2F3N2O2S2. The summed E-state index contributed by atoms with van der Waals surface area (Å²) in [6.07, 6.45) is -4.60. The van der Waals surface area contributed by atoms with Crippen molar-refractivity contribution in [2.45, 2.75) is 17.6 Å². The van der Waals surface area contributed by atoms with Crippen LogP contribution in [-0.4, -0.2) is 37.9 Å². The maximum atomic E-state index is 13.2. The number of halogens is 5. The molecule has 2 aromatic carbocycles. The molecule has 1 aliphatic heterocycles. The van der Waals surface area contributed by atoms with Crippen molar-refractivity contribution in [3.63, 3.8) is 0 Å². The van der Waals surface area contributed by atoms with Crippen molar-refractivity contribution < 1.29 is 21.6 Å². The molecule has 0 saturated carbocycles. The van der Waals surface area contributed by atoms with Crippen LogP contribution >= 0.6 is 35.0 Å². The Balaban J connectivity index is 1.99. The first-order valence-corrected chi connectivity index (χ1v) is 11.9. The Morgan fingerprint density at radius 1 is 1.10 bits per heavy atom. The van der Waals surface area contributed by atoms with Gasteiger partial charge in [0.1, 0.15) is 4.90 Å². The lowest BCUT2D eigenvalue weighted by Crippen LogP contribution is -2.32. The van der Waals surface area contributed by atoms with Crippen molar-refractivity contribution in [2.24, 2.45) is 0 Å². The molecule has 0 unspecified atom stereocenters. The van der Waals surface area contributed by atoms with Gasteiger partial charge in [-0.2, -0.15) is 24.9 Å². The zero-order valence-corrected chi connectivity index (χ0v) is 18.1. The Labute approximate surface area is 181 Å². The predicted molar refractivity (Wildman–Crippen MR) is 111 cm³/mol. The SMILES string of the molecule is O=S(=O)(Nc1cc(C(F)(F)F)ccc1CN1CCSCC1)c1cccc(Cl)c1Cl. The second-order valence-corrected chi connectivity index (χ2v) is 10.1. The summed E-state index contributed by atoms with van der Waals surface area (Å²) < 4.78 is 67.5. The number of thioether (sulfide) groups is 1. The molecule has 0 aliphatic carbocycles. The van der Waals surface area contributed by atoms with Crippen molar-refractivity contribution in [1.82, 2.24) is 4.90 Å². The highest BCUT2D eigenvalue weighted by atomic mass is 35.5. The molecule has 1 aliphatic rings. The van der Waals surface area contributed by atoms with Gasteiger partial charge in [-0.1, -0.05) is 35.3 Å². The van der Waals surface area contributed by atoms with Gasteiger partial charge in [-0.25, -0.2) is 8.42 Å². The summed E-state index contributed by atoms with van der Waals surface area (Å²) in [6.45, 7) is 1.88. The van der Waals surface area contributed by atoms with Crippen molar-refractivity contribution in [3.05, 3.63) is 57.6 Å². The van der Waals surface area contributed by atoms with Crippen molar-refractivity contribution >= 4 is 50.7 Å². The molecule has 0 atom stereocenters. The summed E-state index contributed by atoms with van der Waals surface area (Å²) in [4.78, 5) is 1.77. The van der Waals surface area contributed by atoms with Crippen LogP contribution in [0.5, 0.6) is 0 Å². The van der Waals surface area contributed by atoms with E-state index in [2.05, 4.69) is 9.62 Å². The molecule has 3 rings (SSSR count). The number of rotatable bonds is 5. The number of hydrogen-bond donors (Lipinski definition) is 1. The van der Waals surface area contributed by atoms with E-state index in [0.717, 1.165) is 36.7 Å². The van der Waals surface area contributed by atoms with Gasteiger partial charge in [0.25, 0.3) is 10.0 Å². The molecule has 0 amide bonds. The number of benzene rings is 2. The summed E-state index contributed by atoms with van der Waals surface area (Å²) in [5, 5.41) is -0.159. The summed E-state index contributed by atoms with van der Waals surface area (Å²) in [7, 11) is -4.25. The average Bonchev–Trinajstić information content (AvgIpc) is 2.65. The third-order valence-corrected chi connectivity index (χ3v) is 7.67. The van der Waals surface area contributed by atoms with Gasteiger partial charge in [0.2, 0.25) is 0 Å². The molecule has 29 heavy (non-hydrogen) atoms. The second-order valence-electron chi connectivity index (χ2n) is 6.42. The molecule has 0 aromatic heterocycles. The second kappa shape index (κ2) is 8.93. The smallest absolute Gasteiger partial charge is 0.297 e. The highest BCUT2D eigenvalue weighted by molar-refractivity contribution is 7.99. The van der Waals surface area contributed by atoms with Gasteiger partial charge >= 0.3 is 6.18 Å². The summed E-state index contributed by atoms with van der Waals surface area (Å²) in [5.74, 6) is 1.83. The van der Waals surface area contributed by atoms with Gasteiger partial charge in [-0.3, -0.25) is 9.62 Å². The third-order valence-electron chi connectivity index (χ3n) is 4.38. The van der Waals surface area contributed by atoms with Gasteiger partial charge in [0.05, 0.1) is 21.3 Å². The number of sulfonamides is 1. The van der Waals surface area contributed by atoms with Crippen LogP contribution in [0, 0.1) is 0 Å². The van der Waals surface area contributed by atoms with E-state index in [1.54, 1.807) is 11.8 Å². The van der Waals surface area contributed by atoms with Crippen molar-refractivity contribution in [3.8, 4) is 0 Å². The van der Waals surface area contributed by atoms with E-state index in [1.165, 1.54) is 24.3 Å². The largest absolute Gasteiger partial charge is 0.416 e. The summed E-state index contributed by atoms with van der Waals surface area (Å²) in [5.41, 5.74) is -0.619. The zero-order valence-electron chi connectivity index (χ0n) is 15.0. The Kier molecular flexibility index (Phi) is 6.95. The van der Waals surface area contributed by atoms with Crippen LogP contribution in [0.25, 0.3) is 0 Å². The Morgan fingerprint density at radius 2 is 1.79 bits per heavy atom. The maximum Gasteiger partial charge on any atom is 0.416 e. The minimum atomic E-state index is -4.60. The molecule has 0 spiro atoms. The number of nitrogens with zero attached hydrogens (tertiary/aromatic N) is 1. The first-order chi connectivity index (χ1) is 13.6. The Hall–Kier alpha value is -1.13. The van der Waals surface area contributed by atoms with E-state index in [9.17, 15) is 21.6 Å². The monoisotopic (exact) mass is 484 g/mol. The van der Waals surface area contributed by atoms with Gasteiger partial charge in [0, 0.05) is 31.1 Å². The third kappa shape index (κ3) is 5.52. The minimum absolute atomic E-state index is 0.0321. The lowest BCUT2D eigenvalue weighted by Gasteiger charge is -2.27. The molecule has 2 aromatic rings. The highest BCUT2D eigenvalue weighted by Crippen LogP contribution is 2.35. The van der Waals surface area contributed by atoms with Crippen LogP contribution in [0.1, 0.15) is 11.1 Å². The van der Waals surface area contributed by atoms with Gasteiger partial charge < -0.3 is 0 Å². The average molecular weight is 485 g/mol. The van der Waals surface area contributed by atoms with Gasteiger partial charge in [-0.15, -0.1) is 0 Å². The molecular weight excluding hydrogens is 468 g/mol. The Bertz CT molecular complexity index is 995. The van der Waals surface area contributed by atoms with Crippen LogP contribution in [0.4, 0.5) is 18.9 Å². The molecule has 0 radical (unpaired) electrons. The summed E-state index contributed by atoms with van der Waals surface area (Å²) >= 11 is 13.7. The van der Waals surface area contributed by atoms with Crippen LogP contribution in [-0.2, 0) is 22.7 Å². The van der Waals surface area contributed by atoms with Crippen LogP contribution in [0.2, 0.25) is 10.0 Å². The number of alkyl halides is 3. The van der Waals surface area contributed by atoms with E-state index >= 15 is 0 Å². The standard InChI is InChI=1S/C18H17Cl2F3N2O2S2/c19-14-2-1-3-16(17(14)20)29(26,27)24-15-10-13(18(21,22)23)5-4-12(15)11-25-6-8-28-9-7-25/h1-5,10,24H,6-9,11H2. The fraction of sp³-hybridized carbons (Fsp3) is 0.333. The first kappa shape index (κ1) is 22.6. The fourth-order valence-corrected chi connectivity index (χ4v) is 5.71. The van der Waals surface area contributed by atoms with E-state index in [-0.39, 0.29) is 20.6 Å². The highest BCUT2D eigenvalue weighted by Gasteiger charge is 2.32. The lowest BCUT2D eigenvalue weighted by molar-refractivity contribution is -0.137. The molecule has 158 valence electrons. The van der Waals surface area contributed by atoms with Crippen molar-refractivity contribution in [2.75, 3.05) is 29.3 Å². The topological polar surface area (TPSA) is 49.4 Å². The first-order valence-electron chi connectivity index (χ1n) is 8.55. The molecule has 1 heterocycles. The lowest BCUT2D eigenvalue weighted by atomic mass is 10.1. The Morgan fingerprint density at radius 3 is 2.45 bits per heavy atom.